The number of benzene rings is 1. The summed E-state index contributed by atoms with van der Waals surface area (Å²) < 4.78 is 14.3. The molecule has 7 nitrogen and oxygen atoms in total. The van der Waals surface area contributed by atoms with Crippen LogP contribution in [0, 0.1) is 11.7 Å². The lowest BCUT2D eigenvalue weighted by atomic mass is 9.98. The number of carboxylic acids is 1. The molecule has 1 unspecified atom stereocenters. The second-order valence-electron chi connectivity index (χ2n) is 5.72. The Kier molecular flexibility index (Phi) is 6.00. The van der Waals surface area contributed by atoms with Crippen molar-refractivity contribution in [3.8, 4) is 0 Å². The Labute approximate surface area is 138 Å². The van der Waals surface area contributed by atoms with E-state index in [-0.39, 0.29) is 30.7 Å². The van der Waals surface area contributed by atoms with Gasteiger partial charge in [0, 0.05) is 6.42 Å². The summed E-state index contributed by atoms with van der Waals surface area (Å²) in [6.45, 7) is 1.84. The van der Waals surface area contributed by atoms with Crippen LogP contribution >= 0.6 is 0 Å². The zero-order chi connectivity index (χ0) is 17.5. The number of carbonyl (C=O) groups excluding carboxylic acids is 1. The van der Waals surface area contributed by atoms with Crippen molar-refractivity contribution in [1.82, 2.24) is 20.3 Å². The Morgan fingerprint density at radius 3 is 2.92 bits per heavy atom. The first-order valence-electron chi connectivity index (χ1n) is 7.54. The highest BCUT2D eigenvalue weighted by Crippen LogP contribution is 2.13. The number of aromatic nitrogens is 3. The Hall–Kier alpha value is -2.77. The van der Waals surface area contributed by atoms with E-state index in [0.29, 0.717) is 18.5 Å². The van der Waals surface area contributed by atoms with Crippen molar-refractivity contribution < 1.29 is 19.1 Å². The first-order chi connectivity index (χ1) is 11.4. The van der Waals surface area contributed by atoms with Crippen molar-refractivity contribution in [3.63, 3.8) is 0 Å². The summed E-state index contributed by atoms with van der Waals surface area (Å²) in [6, 6.07) is 6.34. The van der Waals surface area contributed by atoms with Crippen molar-refractivity contribution in [3.05, 3.63) is 47.5 Å². The number of nitrogens with one attached hydrogen (secondary N) is 1. The Bertz CT molecular complexity index is 717. The maximum absolute atomic E-state index is 13.1. The summed E-state index contributed by atoms with van der Waals surface area (Å²) in [5.41, 5.74) is 1.34. The first-order valence-corrected chi connectivity index (χ1v) is 7.54. The summed E-state index contributed by atoms with van der Waals surface area (Å²) >= 11 is 0. The molecule has 24 heavy (non-hydrogen) atoms. The maximum Gasteiger partial charge on any atom is 0.325 e. The standard InChI is InChI=1S/C16H19FN4O3/c1-11(5-12-3-2-4-13(17)7-12)6-15(22)18-8-14-9-21(20-19-14)10-16(23)24/h2-4,7,9,11H,5-6,8,10H2,1H3,(H,18,22)(H,23,24). The predicted molar refractivity (Wildman–Crippen MR) is 83.4 cm³/mol. The van der Waals surface area contributed by atoms with Gasteiger partial charge in [-0.3, -0.25) is 9.59 Å². The second kappa shape index (κ2) is 8.19. The number of carbonyl (C=O) groups is 2. The lowest BCUT2D eigenvalue weighted by molar-refractivity contribution is -0.138. The maximum atomic E-state index is 13.1. The molecule has 0 radical (unpaired) electrons. The number of rotatable bonds is 8. The monoisotopic (exact) mass is 334 g/mol. The van der Waals surface area contributed by atoms with Gasteiger partial charge in [0.2, 0.25) is 5.91 Å². The number of hydrogen-bond acceptors (Lipinski definition) is 4. The van der Waals surface area contributed by atoms with E-state index >= 15 is 0 Å². The third-order valence-electron chi connectivity index (χ3n) is 3.36. The zero-order valence-corrected chi connectivity index (χ0v) is 13.3. The van der Waals surface area contributed by atoms with E-state index in [2.05, 4.69) is 15.6 Å². The molecule has 128 valence electrons. The Balaban J connectivity index is 1.76. The fraction of sp³-hybridized carbons (Fsp3) is 0.375. The van der Waals surface area contributed by atoms with E-state index in [1.807, 2.05) is 13.0 Å². The molecule has 1 amide bonds. The molecule has 0 bridgehead atoms. The van der Waals surface area contributed by atoms with Crippen molar-refractivity contribution in [2.75, 3.05) is 0 Å². The third kappa shape index (κ3) is 5.79. The summed E-state index contributed by atoms with van der Waals surface area (Å²) in [5.74, 6) is -1.38. The Morgan fingerprint density at radius 1 is 1.42 bits per heavy atom. The number of halogens is 1. The minimum atomic E-state index is -1.01. The van der Waals surface area contributed by atoms with Crippen LogP contribution in [-0.4, -0.2) is 32.0 Å². The molecule has 0 saturated carbocycles. The smallest absolute Gasteiger partial charge is 0.325 e. The fourth-order valence-corrected chi connectivity index (χ4v) is 2.35. The van der Waals surface area contributed by atoms with Gasteiger partial charge in [0.15, 0.2) is 0 Å². The number of hydrogen-bond donors (Lipinski definition) is 2. The number of carboxylic acid groups (broad SMARTS) is 1. The lowest BCUT2D eigenvalue weighted by Gasteiger charge is -2.11. The molecule has 0 aliphatic rings. The SMILES string of the molecule is CC(CC(=O)NCc1cn(CC(=O)O)nn1)Cc1cccc(F)c1. The van der Waals surface area contributed by atoms with Crippen LogP contribution in [0.3, 0.4) is 0 Å². The summed E-state index contributed by atoms with van der Waals surface area (Å²) in [5, 5.41) is 18.8. The zero-order valence-electron chi connectivity index (χ0n) is 13.3. The van der Waals surface area contributed by atoms with Crippen LogP contribution in [0.4, 0.5) is 4.39 Å². The third-order valence-corrected chi connectivity index (χ3v) is 3.36. The van der Waals surface area contributed by atoms with Gasteiger partial charge in [-0.1, -0.05) is 24.3 Å². The minimum Gasteiger partial charge on any atom is -0.480 e. The van der Waals surface area contributed by atoms with Gasteiger partial charge in [-0.25, -0.2) is 9.07 Å². The van der Waals surface area contributed by atoms with Crippen LogP contribution in [0.5, 0.6) is 0 Å². The van der Waals surface area contributed by atoms with Gasteiger partial charge >= 0.3 is 5.97 Å². The molecule has 0 saturated heterocycles. The van der Waals surface area contributed by atoms with E-state index in [9.17, 15) is 14.0 Å². The molecule has 0 aliphatic heterocycles. The quantitative estimate of drug-likeness (QED) is 0.760. The van der Waals surface area contributed by atoms with Crippen LogP contribution in [0.2, 0.25) is 0 Å². The van der Waals surface area contributed by atoms with Gasteiger partial charge in [-0.2, -0.15) is 0 Å². The molecule has 0 aliphatic carbocycles. The van der Waals surface area contributed by atoms with Gasteiger partial charge < -0.3 is 10.4 Å². The van der Waals surface area contributed by atoms with Gasteiger partial charge in [-0.05, 0) is 30.0 Å². The topological polar surface area (TPSA) is 97.1 Å². The fourth-order valence-electron chi connectivity index (χ4n) is 2.35. The normalized spacial score (nSPS) is 11.9. The van der Waals surface area contributed by atoms with E-state index in [1.54, 1.807) is 6.07 Å². The van der Waals surface area contributed by atoms with Crippen LogP contribution in [-0.2, 0) is 29.1 Å². The van der Waals surface area contributed by atoms with Crippen molar-refractivity contribution in [1.29, 1.82) is 0 Å². The largest absolute Gasteiger partial charge is 0.480 e. The molecule has 1 aromatic heterocycles. The summed E-state index contributed by atoms with van der Waals surface area (Å²) in [4.78, 5) is 22.5. The first kappa shape index (κ1) is 17.6. The molecular weight excluding hydrogens is 315 g/mol. The van der Waals surface area contributed by atoms with Crippen LogP contribution in [0.15, 0.2) is 30.5 Å². The summed E-state index contributed by atoms with van der Waals surface area (Å²) in [7, 11) is 0. The molecule has 2 N–H and O–H groups in total. The van der Waals surface area contributed by atoms with Crippen LogP contribution in [0.25, 0.3) is 0 Å². The lowest BCUT2D eigenvalue weighted by Crippen LogP contribution is -2.25. The highest BCUT2D eigenvalue weighted by Gasteiger charge is 2.11. The van der Waals surface area contributed by atoms with E-state index in [4.69, 9.17) is 5.11 Å². The minimum absolute atomic E-state index is 0.0643. The van der Waals surface area contributed by atoms with Gasteiger partial charge in [0.05, 0.1) is 12.7 Å². The number of nitrogens with zero attached hydrogens (tertiary/aromatic N) is 3. The van der Waals surface area contributed by atoms with E-state index in [1.165, 1.54) is 23.0 Å². The molecule has 1 aromatic carbocycles. The molecule has 2 rings (SSSR count). The molecule has 0 fully saturated rings. The van der Waals surface area contributed by atoms with Crippen molar-refractivity contribution >= 4 is 11.9 Å². The molecular formula is C16H19FN4O3. The molecule has 0 spiro atoms. The van der Waals surface area contributed by atoms with Crippen LogP contribution < -0.4 is 5.32 Å². The molecule has 1 heterocycles. The van der Waals surface area contributed by atoms with Crippen molar-refractivity contribution in [2.45, 2.75) is 32.9 Å². The van der Waals surface area contributed by atoms with Gasteiger partial charge in [0.1, 0.15) is 18.1 Å². The second-order valence-corrected chi connectivity index (χ2v) is 5.72. The van der Waals surface area contributed by atoms with E-state index in [0.717, 1.165) is 5.56 Å². The molecule has 8 heteroatoms. The van der Waals surface area contributed by atoms with Gasteiger partial charge in [-0.15, -0.1) is 5.10 Å². The average molecular weight is 334 g/mol. The highest BCUT2D eigenvalue weighted by atomic mass is 19.1. The predicted octanol–water partition coefficient (Wildman–Crippen LogP) is 1.39. The summed E-state index contributed by atoms with van der Waals surface area (Å²) in [6.07, 6.45) is 2.39. The Morgan fingerprint density at radius 2 is 2.21 bits per heavy atom. The van der Waals surface area contributed by atoms with Gasteiger partial charge in [0.25, 0.3) is 0 Å². The van der Waals surface area contributed by atoms with Crippen molar-refractivity contribution in [2.24, 2.45) is 5.92 Å². The van der Waals surface area contributed by atoms with E-state index < -0.39 is 5.97 Å². The highest BCUT2D eigenvalue weighted by molar-refractivity contribution is 5.76. The average Bonchev–Trinajstić information content (AvgIpc) is 2.91. The molecule has 1 atom stereocenters. The number of aliphatic carboxylic acids is 1. The van der Waals surface area contributed by atoms with Crippen LogP contribution in [0.1, 0.15) is 24.6 Å². The number of amides is 1. The molecule has 2 aromatic rings.